The number of aryl methyl sites for hydroxylation is 2. The van der Waals surface area contributed by atoms with E-state index in [2.05, 4.69) is 14.9 Å². The van der Waals surface area contributed by atoms with Gasteiger partial charge in [0.15, 0.2) is 0 Å². The second-order valence-corrected chi connectivity index (χ2v) is 8.29. The number of hydrogen-bond acceptors (Lipinski definition) is 5. The number of likely N-dealkylation sites (tertiary alicyclic amines) is 1. The van der Waals surface area contributed by atoms with Gasteiger partial charge in [0.2, 0.25) is 5.95 Å². The minimum Gasteiger partial charge on any atom is -0.392 e. The maximum absolute atomic E-state index is 13.3. The molecule has 2 aromatic rings. The molecule has 1 spiro atoms. The van der Waals surface area contributed by atoms with Crippen LogP contribution in [0.25, 0.3) is 0 Å². The van der Waals surface area contributed by atoms with Gasteiger partial charge in [-0.25, -0.2) is 9.97 Å². The number of piperidine rings is 2. The largest absolute Gasteiger partial charge is 0.392 e. The van der Waals surface area contributed by atoms with E-state index in [9.17, 15) is 9.90 Å². The maximum Gasteiger partial charge on any atom is 0.254 e. The van der Waals surface area contributed by atoms with E-state index in [1.807, 2.05) is 43.0 Å². The predicted octanol–water partition coefficient (Wildman–Crippen LogP) is 2.59. The molecular formula is C22H28N4O2. The zero-order valence-electron chi connectivity index (χ0n) is 16.6. The predicted molar refractivity (Wildman–Crippen MR) is 108 cm³/mol. The number of hydrogen-bond donors (Lipinski definition) is 1. The summed E-state index contributed by atoms with van der Waals surface area (Å²) in [5.74, 6) is 0.771. The summed E-state index contributed by atoms with van der Waals surface area (Å²) in [6.07, 6.45) is 5.56. The van der Waals surface area contributed by atoms with Crippen molar-refractivity contribution >= 4 is 11.9 Å². The highest BCUT2D eigenvalue weighted by molar-refractivity contribution is 5.96. The molecule has 0 bridgehead atoms. The first-order valence-electron chi connectivity index (χ1n) is 10.1. The Bertz CT molecular complexity index is 857. The van der Waals surface area contributed by atoms with Crippen LogP contribution in [0.2, 0.25) is 0 Å². The molecule has 0 radical (unpaired) electrons. The van der Waals surface area contributed by atoms with Crippen LogP contribution in [0.1, 0.15) is 40.7 Å². The Morgan fingerprint density at radius 3 is 2.75 bits per heavy atom. The Balaban J connectivity index is 1.57. The van der Waals surface area contributed by atoms with E-state index in [4.69, 9.17) is 0 Å². The fraction of sp³-hybridized carbons (Fsp3) is 0.500. The van der Waals surface area contributed by atoms with Crippen molar-refractivity contribution in [3.8, 4) is 0 Å². The third-order valence-electron chi connectivity index (χ3n) is 6.24. The number of aliphatic hydroxyl groups is 1. The minimum absolute atomic E-state index is 0.0700. The zero-order chi connectivity index (χ0) is 19.7. The number of rotatable bonds is 2. The number of aromatic nitrogens is 2. The van der Waals surface area contributed by atoms with E-state index in [1.165, 1.54) is 0 Å². The highest BCUT2D eigenvalue weighted by atomic mass is 16.3. The van der Waals surface area contributed by atoms with Crippen LogP contribution in [-0.4, -0.2) is 58.2 Å². The fourth-order valence-electron chi connectivity index (χ4n) is 4.65. The molecule has 6 nitrogen and oxygen atoms in total. The van der Waals surface area contributed by atoms with Gasteiger partial charge in [0.1, 0.15) is 0 Å². The molecule has 1 amide bonds. The summed E-state index contributed by atoms with van der Waals surface area (Å²) >= 11 is 0. The SMILES string of the molecule is Cc1ccc(C)c(C(=O)N2CCC[C@]3(C2)CN(c2ncccn2)CCC3O)c1. The normalized spacial score (nSPS) is 25.2. The lowest BCUT2D eigenvalue weighted by Crippen LogP contribution is -2.60. The third-order valence-corrected chi connectivity index (χ3v) is 6.24. The Morgan fingerprint density at radius 1 is 1.18 bits per heavy atom. The van der Waals surface area contributed by atoms with Crippen molar-refractivity contribution in [2.24, 2.45) is 5.41 Å². The molecule has 1 N–H and O–H groups in total. The standard InChI is InChI=1S/C22H28N4O2/c1-16-5-6-17(2)18(13-16)20(28)25-11-3-8-22(14-25)15-26(12-7-19(22)27)21-23-9-4-10-24-21/h4-6,9-10,13,19,27H,3,7-8,11-12,14-15H2,1-2H3/t19?,22-/m0/s1. The first-order chi connectivity index (χ1) is 13.5. The van der Waals surface area contributed by atoms with Gasteiger partial charge in [-0.05, 0) is 50.8 Å². The van der Waals surface area contributed by atoms with Crippen LogP contribution < -0.4 is 4.90 Å². The summed E-state index contributed by atoms with van der Waals surface area (Å²) in [6.45, 7) is 6.71. The average molecular weight is 380 g/mol. The molecule has 0 aliphatic carbocycles. The lowest BCUT2D eigenvalue weighted by molar-refractivity contribution is -0.0364. The highest BCUT2D eigenvalue weighted by Crippen LogP contribution is 2.40. The number of nitrogens with zero attached hydrogens (tertiary/aromatic N) is 4. The summed E-state index contributed by atoms with van der Waals surface area (Å²) < 4.78 is 0. The van der Waals surface area contributed by atoms with Crippen LogP contribution in [0.5, 0.6) is 0 Å². The molecule has 148 valence electrons. The summed E-state index contributed by atoms with van der Waals surface area (Å²) in [5, 5.41) is 10.9. The van der Waals surface area contributed by atoms with Crippen LogP contribution in [0.15, 0.2) is 36.7 Å². The monoisotopic (exact) mass is 380 g/mol. The minimum atomic E-state index is -0.415. The van der Waals surface area contributed by atoms with E-state index < -0.39 is 6.10 Å². The van der Waals surface area contributed by atoms with Gasteiger partial charge in [-0.3, -0.25) is 4.79 Å². The van der Waals surface area contributed by atoms with Gasteiger partial charge in [0.05, 0.1) is 6.10 Å². The van der Waals surface area contributed by atoms with Crippen LogP contribution >= 0.6 is 0 Å². The van der Waals surface area contributed by atoms with Crippen LogP contribution in [0, 0.1) is 19.3 Å². The van der Waals surface area contributed by atoms with Crippen molar-refractivity contribution < 1.29 is 9.90 Å². The topological polar surface area (TPSA) is 69.6 Å². The highest BCUT2D eigenvalue weighted by Gasteiger charge is 2.47. The van der Waals surface area contributed by atoms with Crippen LogP contribution in [0.3, 0.4) is 0 Å². The van der Waals surface area contributed by atoms with Crippen LogP contribution in [-0.2, 0) is 0 Å². The second-order valence-electron chi connectivity index (χ2n) is 8.29. The first-order valence-corrected chi connectivity index (χ1v) is 10.1. The third kappa shape index (κ3) is 3.49. The average Bonchev–Trinajstić information content (AvgIpc) is 2.72. The van der Waals surface area contributed by atoms with E-state index in [0.29, 0.717) is 25.5 Å². The molecule has 4 rings (SSSR count). The number of carbonyl (C=O) groups is 1. The van der Waals surface area contributed by atoms with Gasteiger partial charge in [-0.1, -0.05) is 17.7 Å². The molecule has 0 saturated carbocycles. The molecule has 2 saturated heterocycles. The summed E-state index contributed by atoms with van der Waals surface area (Å²) in [6, 6.07) is 7.82. The summed E-state index contributed by atoms with van der Waals surface area (Å²) in [7, 11) is 0. The van der Waals surface area contributed by atoms with Crippen LogP contribution in [0.4, 0.5) is 5.95 Å². The lowest BCUT2D eigenvalue weighted by Gasteiger charge is -2.51. The van der Waals surface area contributed by atoms with E-state index in [-0.39, 0.29) is 11.3 Å². The van der Waals surface area contributed by atoms with E-state index in [1.54, 1.807) is 12.4 Å². The molecule has 2 aliphatic rings. The molecule has 3 heterocycles. The smallest absolute Gasteiger partial charge is 0.254 e. The number of aliphatic hydroxyl groups excluding tert-OH is 1. The Morgan fingerprint density at radius 2 is 1.96 bits per heavy atom. The van der Waals surface area contributed by atoms with E-state index in [0.717, 1.165) is 42.6 Å². The number of carbonyl (C=O) groups excluding carboxylic acids is 1. The Kier molecular flexibility index (Phi) is 5.06. The first kappa shape index (κ1) is 18.9. The van der Waals surface area contributed by atoms with Gasteiger partial charge < -0.3 is 14.9 Å². The second kappa shape index (κ2) is 7.51. The molecule has 1 aromatic carbocycles. The van der Waals surface area contributed by atoms with Gasteiger partial charge in [-0.15, -0.1) is 0 Å². The Labute approximate surface area is 166 Å². The number of anilines is 1. The van der Waals surface area contributed by atoms with Crippen molar-refractivity contribution in [1.82, 2.24) is 14.9 Å². The quantitative estimate of drug-likeness (QED) is 0.867. The molecule has 1 unspecified atom stereocenters. The zero-order valence-corrected chi connectivity index (χ0v) is 16.6. The Hall–Kier alpha value is -2.47. The van der Waals surface area contributed by atoms with Crippen molar-refractivity contribution in [3.63, 3.8) is 0 Å². The van der Waals surface area contributed by atoms with Crippen molar-refractivity contribution in [2.75, 3.05) is 31.1 Å². The molecule has 2 atom stereocenters. The molecule has 6 heteroatoms. The fourth-order valence-corrected chi connectivity index (χ4v) is 4.65. The van der Waals surface area contributed by atoms with Crippen molar-refractivity contribution in [2.45, 2.75) is 39.2 Å². The van der Waals surface area contributed by atoms with Gasteiger partial charge in [0, 0.05) is 49.6 Å². The van der Waals surface area contributed by atoms with Gasteiger partial charge in [0.25, 0.3) is 5.91 Å². The lowest BCUT2D eigenvalue weighted by atomic mass is 9.71. The van der Waals surface area contributed by atoms with Crippen molar-refractivity contribution in [3.05, 3.63) is 53.3 Å². The van der Waals surface area contributed by atoms with E-state index >= 15 is 0 Å². The molecule has 1 aromatic heterocycles. The molecule has 28 heavy (non-hydrogen) atoms. The van der Waals surface area contributed by atoms with Gasteiger partial charge in [-0.2, -0.15) is 0 Å². The van der Waals surface area contributed by atoms with Crippen molar-refractivity contribution in [1.29, 1.82) is 0 Å². The maximum atomic E-state index is 13.3. The molecule has 2 fully saturated rings. The van der Waals surface area contributed by atoms with Gasteiger partial charge >= 0.3 is 0 Å². The summed E-state index contributed by atoms with van der Waals surface area (Å²) in [5.41, 5.74) is 2.53. The molecular weight excluding hydrogens is 352 g/mol. The summed E-state index contributed by atoms with van der Waals surface area (Å²) in [4.78, 5) is 26.1. The number of amides is 1. The number of benzene rings is 1. The molecule has 2 aliphatic heterocycles.